The summed E-state index contributed by atoms with van der Waals surface area (Å²) < 4.78 is 53.7. The van der Waals surface area contributed by atoms with E-state index in [4.69, 9.17) is 20.3 Å². The van der Waals surface area contributed by atoms with Crippen molar-refractivity contribution < 1.29 is 51.9 Å². The van der Waals surface area contributed by atoms with Crippen molar-refractivity contribution in [2.24, 2.45) is 10.7 Å². The van der Waals surface area contributed by atoms with Gasteiger partial charge in [0.2, 0.25) is 0 Å². The number of anilines is 1. The van der Waals surface area contributed by atoms with Gasteiger partial charge in [0.25, 0.3) is 0 Å². The molecule has 1 unspecified atom stereocenters. The molecule has 1 aromatic heterocycles. The molecule has 3 rings (SSSR count). The zero-order valence-corrected chi connectivity index (χ0v) is 15.3. The van der Waals surface area contributed by atoms with Gasteiger partial charge in [-0.3, -0.25) is 13.6 Å². The minimum atomic E-state index is -5.23. The molecule has 1 aromatic rings. The number of hydrogen-bond donors (Lipinski definition) is 8. The summed E-state index contributed by atoms with van der Waals surface area (Å²) in [6, 6.07) is 0. The molecule has 2 aliphatic heterocycles. The van der Waals surface area contributed by atoms with Crippen LogP contribution in [0.1, 0.15) is 11.9 Å². The number of guanidine groups is 1. The third-order valence-corrected chi connectivity index (χ3v) is 5.49. The number of aliphatic imine (C=N–C) groups is 1. The van der Waals surface area contributed by atoms with Gasteiger partial charge in [-0.1, -0.05) is 0 Å². The number of aromatic nitrogens is 2. The van der Waals surface area contributed by atoms with E-state index in [-0.39, 0.29) is 5.82 Å². The molecular weight excluding hydrogens is 429 g/mol. The van der Waals surface area contributed by atoms with Gasteiger partial charge in [-0.2, -0.15) is 13.4 Å². The zero-order chi connectivity index (χ0) is 21.1. The van der Waals surface area contributed by atoms with Crippen LogP contribution in [-0.4, -0.2) is 78.5 Å². The number of phosphoric acid groups is 1. The summed E-state index contributed by atoms with van der Waals surface area (Å²) in [6.07, 6.45) is -5.26. The first-order chi connectivity index (χ1) is 12.7. The number of fused-ring (bicyclic) bond motifs is 1. The Kier molecular flexibility index (Phi) is 5.04. The molecule has 9 N–H and O–H groups in total. The fourth-order valence-electron chi connectivity index (χ4n) is 2.73. The van der Waals surface area contributed by atoms with Gasteiger partial charge in [0.15, 0.2) is 17.9 Å². The summed E-state index contributed by atoms with van der Waals surface area (Å²) in [4.78, 5) is 24.3. The molecular formula is C10H16N5O11PS. The highest BCUT2D eigenvalue weighted by atomic mass is 32.2. The molecule has 0 bridgehead atoms. The summed E-state index contributed by atoms with van der Waals surface area (Å²) in [5.74, 6) is -0.954. The highest BCUT2D eigenvalue weighted by molar-refractivity contribution is 7.86. The van der Waals surface area contributed by atoms with Crippen LogP contribution in [0, 0.1) is 0 Å². The Hall–Kier alpha value is -1.66. The van der Waals surface area contributed by atoms with Crippen LogP contribution >= 0.6 is 7.82 Å². The lowest BCUT2D eigenvalue weighted by atomic mass is 10.1. The van der Waals surface area contributed by atoms with E-state index in [1.165, 1.54) is 0 Å². The Morgan fingerprint density at radius 2 is 2.04 bits per heavy atom. The fourth-order valence-corrected chi connectivity index (χ4v) is 3.68. The molecule has 1 saturated heterocycles. The third-order valence-electron chi connectivity index (χ3n) is 4.00. The van der Waals surface area contributed by atoms with Crippen LogP contribution in [0.15, 0.2) is 11.3 Å². The normalized spacial score (nSPS) is 33.3. The lowest BCUT2D eigenvalue weighted by molar-refractivity contribution is -0.0512. The van der Waals surface area contributed by atoms with Crippen molar-refractivity contribution in [3.63, 3.8) is 0 Å². The molecule has 158 valence electrons. The van der Waals surface area contributed by atoms with E-state index < -0.39 is 65.8 Å². The largest absolute Gasteiger partial charge is 0.469 e. The van der Waals surface area contributed by atoms with Crippen molar-refractivity contribution in [3.05, 3.63) is 12.0 Å². The second-order valence-corrected chi connectivity index (χ2v) is 8.65. The van der Waals surface area contributed by atoms with Crippen LogP contribution in [0.5, 0.6) is 0 Å². The van der Waals surface area contributed by atoms with E-state index in [2.05, 4.69) is 19.8 Å². The average molecular weight is 445 g/mol. The summed E-state index contributed by atoms with van der Waals surface area (Å²) in [6.45, 7) is -0.776. The molecule has 0 amide bonds. The maximum absolute atomic E-state index is 11.5. The van der Waals surface area contributed by atoms with Gasteiger partial charge in [-0.05, 0) is 0 Å². The molecule has 0 aromatic carbocycles. The minimum Gasteiger partial charge on any atom is -0.387 e. The summed E-state index contributed by atoms with van der Waals surface area (Å²) >= 11 is 0. The number of phosphoric ester groups is 1. The van der Waals surface area contributed by atoms with Crippen molar-refractivity contribution in [2.45, 2.75) is 29.6 Å². The van der Waals surface area contributed by atoms with Crippen LogP contribution in [0.3, 0.4) is 0 Å². The number of nitrogens with zero attached hydrogens (tertiary/aromatic N) is 3. The monoisotopic (exact) mass is 445 g/mol. The summed E-state index contributed by atoms with van der Waals surface area (Å²) in [7, 11) is -10.1. The van der Waals surface area contributed by atoms with Gasteiger partial charge in [0.1, 0.15) is 24.1 Å². The predicted molar refractivity (Wildman–Crippen MR) is 86.8 cm³/mol. The van der Waals surface area contributed by atoms with Crippen LogP contribution in [0.4, 0.5) is 5.82 Å². The topological polar surface area (TPSA) is 259 Å². The van der Waals surface area contributed by atoms with Gasteiger partial charge in [0, 0.05) is 0 Å². The first-order valence-corrected chi connectivity index (χ1v) is 10.3. The predicted octanol–water partition coefficient (Wildman–Crippen LogP) is -3.66. The highest BCUT2D eigenvalue weighted by Gasteiger charge is 2.52. The fraction of sp³-hybridized carbons (Fsp3) is 0.600. The van der Waals surface area contributed by atoms with E-state index in [1.54, 1.807) is 0 Å². The van der Waals surface area contributed by atoms with Gasteiger partial charge < -0.3 is 40.9 Å². The number of ether oxygens (including phenoxy) is 1. The summed E-state index contributed by atoms with van der Waals surface area (Å²) in [5.41, 5.74) is 4.75. The quantitative estimate of drug-likeness (QED) is 0.160. The Morgan fingerprint density at radius 1 is 1.39 bits per heavy atom. The van der Waals surface area contributed by atoms with Crippen molar-refractivity contribution in [2.75, 3.05) is 11.9 Å². The average Bonchev–Trinajstić information content (AvgIpc) is 3.07. The van der Waals surface area contributed by atoms with Crippen molar-refractivity contribution in [1.29, 1.82) is 0 Å². The van der Waals surface area contributed by atoms with Crippen LogP contribution < -0.4 is 11.1 Å². The molecule has 0 saturated carbocycles. The lowest BCUT2D eigenvalue weighted by Crippen LogP contribution is -2.43. The zero-order valence-electron chi connectivity index (χ0n) is 13.6. The number of hydrogen-bond acceptors (Lipinski definition) is 12. The van der Waals surface area contributed by atoms with Crippen molar-refractivity contribution in [1.82, 2.24) is 9.55 Å². The lowest BCUT2D eigenvalue weighted by Gasteiger charge is -2.27. The number of nitrogens with one attached hydrogen (secondary N) is 1. The standard InChI is InChI=1S/C10H16N5O11PS/c11-9-13-7-6(10(18,14-9)28(22,23)24)12-2-15(7)8-5(17)4(16)3(26-8)1-25-27(19,20)21/h2-5,8,16-18H,1H2,(H3,11,13,14)(H2,19,20,21)(H,22,23,24)/t3-,4-,5-,8-,10?/m1/s1. The van der Waals surface area contributed by atoms with Crippen LogP contribution in [0.25, 0.3) is 0 Å². The molecule has 5 atom stereocenters. The first-order valence-electron chi connectivity index (χ1n) is 7.35. The molecule has 1 fully saturated rings. The Labute approximate surface area is 156 Å². The van der Waals surface area contributed by atoms with E-state index in [0.29, 0.717) is 0 Å². The summed E-state index contributed by atoms with van der Waals surface area (Å²) in [5, 5.41) is 29.6. The Bertz CT molecular complexity index is 959. The smallest absolute Gasteiger partial charge is 0.387 e. The molecule has 0 radical (unpaired) electrons. The van der Waals surface area contributed by atoms with E-state index in [0.717, 1.165) is 10.9 Å². The van der Waals surface area contributed by atoms with E-state index >= 15 is 0 Å². The second-order valence-electron chi connectivity index (χ2n) is 5.89. The third kappa shape index (κ3) is 3.52. The number of imidazole rings is 1. The van der Waals surface area contributed by atoms with Crippen LogP contribution in [0.2, 0.25) is 0 Å². The van der Waals surface area contributed by atoms with Crippen molar-refractivity contribution in [3.8, 4) is 0 Å². The van der Waals surface area contributed by atoms with Gasteiger partial charge in [-0.25, -0.2) is 9.55 Å². The van der Waals surface area contributed by atoms with Gasteiger partial charge >= 0.3 is 23.0 Å². The Morgan fingerprint density at radius 3 is 2.61 bits per heavy atom. The molecule has 0 spiro atoms. The van der Waals surface area contributed by atoms with Crippen molar-refractivity contribution >= 4 is 29.7 Å². The highest BCUT2D eigenvalue weighted by Crippen LogP contribution is 2.41. The Balaban J connectivity index is 1.94. The van der Waals surface area contributed by atoms with E-state index in [9.17, 15) is 32.9 Å². The molecule has 28 heavy (non-hydrogen) atoms. The SMILES string of the molecule is NC1=NC(O)(S(=O)(=O)O)c2ncn([C@@H]3O[C@H](COP(=O)(O)O)[C@@H](O)[C@H]3O)c2N1. The minimum absolute atomic E-state index is 0.333. The number of rotatable bonds is 5. The second kappa shape index (κ2) is 6.70. The number of nitrogens with two attached hydrogens (primary N) is 1. The maximum Gasteiger partial charge on any atom is 0.469 e. The molecule has 0 aliphatic carbocycles. The maximum atomic E-state index is 11.5. The molecule has 3 heterocycles. The number of aliphatic hydroxyl groups excluding tert-OH is 2. The first kappa shape index (κ1) is 21.1. The van der Waals surface area contributed by atoms with E-state index in [1.807, 2.05) is 0 Å². The number of aliphatic hydroxyl groups is 3. The van der Waals surface area contributed by atoms with Gasteiger partial charge in [0.05, 0.1) is 12.9 Å². The molecule has 2 aliphatic rings. The molecule has 16 nitrogen and oxygen atoms in total. The molecule has 18 heteroatoms. The van der Waals surface area contributed by atoms with Gasteiger partial charge in [-0.15, -0.1) is 0 Å². The van der Waals surface area contributed by atoms with Crippen LogP contribution in [-0.2, 0) is 29.0 Å².